The lowest BCUT2D eigenvalue weighted by atomic mass is 9.92. The lowest BCUT2D eigenvalue weighted by Crippen LogP contribution is -2.06. The fraction of sp³-hybridized carbons (Fsp3) is 0.571. The summed E-state index contributed by atoms with van der Waals surface area (Å²) in [4.78, 5) is 0. The van der Waals surface area contributed by atoms with Crippen molar-refractivity contribution >= 4 is 11.6 Å². The van der Waals surface area contributed by atoms with Crippen LogP contribution in [0.2, 0.25) is 5.02 Å². The first kappa shape index (κ1) is 13.5. The molecule has 0 saturated carbocycles. The van der Waals surface area contributed by atoms with Gasteiger partial charge in [-0.15, -0.1) is 0 Å². The van der Waals surface area contributed by atoms with Crippen LogP contribution in [0.1, 0.15) is 50.3 Å². The fourth-order valence-electron chi connectivity index (χ4n) is 1.97. The lowest BCUT2D eigenvalue weighted by Gasteiger charge is -2.18. The van der Waals surface area contributed by atoms with E-state index in [1.54, 1.807) is 0 Å². The number of hydrogen-bond acceptors (Lipinski definition) is 1. The average Bonchev–Trinajstić information content (AvgIpc) is 2.25. The summed E-state index contributed by atoms with van der Waals surface area (Å²) >= 11 is 6.13. The van der Waals surface area contributed by atoms with Gasteiger partial charge in [-0.1, -0.05) is 50.4 Å². The molecule has 0 fully saturated rings. The van der Waals surface area contributed by atoms with Gasteiger partial charge in [-0.2, -0.15) is 0 Å². The summed E-state index contributed by atoms with van der Waals surface area (Å²) in [7, 11) is 0. The van der Waals surface area contributed by atoms with Crippen LogP contribution in [-0.2, 0) is 0 Å². The van der Waals surface area contributed by atoms with Crippen molar-refractivity contribution in [1.82, 2.24) is 0 Å². The molecule has 0 spiro atoms. The number of benzene rings is 1. The summed E-state index contributed by atoms with van der Waals surface area (Å²) in [6, 6.07) is 5.84. The van der Waals surface area contributed by atoms with Crippen molar-refractivity contribution < 1.29 is 5.11 Å². The topological polar surface area (TPSA) is 20.2 Å². The minimum Gasteiger partial charge on any atom is -0.388 e. The van der Waals surface area contributed by atoms with Gasteiger partial charge in [0.1, 0.15) is 0 Å². The van der Waals surface area contributed by atoms with E-state index in [1.807, 2.05) is 25.1 Å². The van der Waals surface area contributed by atoms with Crippen LogP contribution in [0.5, 0.6) is 0 Å². The van der Waals surface area contributed by atoms with Crippen molar-refractivity contribution in [3.8, 4) is 0 Å². The molecule has 1 aromatic carbocycles. The van der Waals surface area contributed by atoms with Crippen molar-refractivity contribution in [2.24, 2.45) is 5.92 Å². The van der Waals surface area contributed by atoms with Crippen LogP contribution >= 0.6 is 11.6 Å². The van der Waals surface area contributed by atoms with Crippen molar-refractivity contribution in [3.63, 3.8) is 0 Å². The van der Waals surface area contributed by atoms with Crippen LogP contribution in [0.15, 0.2) is 18.2 Å². The van der Waals surface area contributed by atoms with Crippen LogP contribution in [0, 0.1) is 12.8 Å². The minimum absolute atomic E-state index is 0.432. The van der Waals surface area contributed by atoms with Gasteiger partial charge in [0.25, 0.3) is 0 Å². The van der Waals surface area contributed by atoms with E-state index in [0.717, 1.165) is 30.4 Å². The Kier molecular flexibility index (Phi) is 5.30. The molecule has 0 amide bonds. The van der Waals surface area contributed by atoms with Gasteiger partial charge in [0.15, 0.2) is 0 Å². The highest BCUT2D eigenvalue weighted by molar-refractivity contribution is 6.31. The molecular weight excluding hydrogens is 220 g/mol. The largest absolute Gasteiger partial charge is 0.388 e. The predicted octanol–water partition coefficient (Wildman–Crippen LogP) is 4.51. The van der Waals surface area contributed by atoms with E-state index in [0.29, 0.717) is 10.9 Å². The van der Waals surface area contributed by atoms with Gasteiger partial charge < -0.3 is 5.11 Å². The molecule has 0 aliphatic carbocycles. The Morgan fingerprint density at radius 3 is 2.38 bits per heavy atom. The van der Waals surface area contributed by atoms with E-state index in [2.05, 4.69) is 13.8 Å². The van der Waals surface area contributed by atoms with Gasteiger partial charge in [-0.25, -0.2) is 0 Å². The molecule has 0 heterocycles. The highest BCUT2D eigenvalue weighted by atomic mass is 35.5. The van der Waals surface area contributed by atoms with E-state index in [-0.39, 0.29) is 0 Å². The summed E-state index contributed by atoms with van der Waals surface area (Å²) in [5, 5.41) is 10.8. The molecule has 90 valence electrons. The van der Waals surface area contributed by atoms with Crippen molar-refractivity contribution in [1.29, 1.82) is 0 Å². The Labute approximate surface area is 103 Å². The highest BCUT2D eigenvalue weighted by Gasteiger charge is 2.15. The van der Waals surface area contributed by atoms with Crippen LogP contribution in [-0.4, -0.2) is 5.11 Å². The van der Waals surface area contributed by atoms with Gasteiger partial charge in [-0.05, 0) is 36.5 Å². The Hall–Kier alpha value is -0.530. The zero-order valence-corrected chi connectivity index (χ0v) is 11.1. The number of aliphatic hydroxyl groups is 1. The molecule has 0 saturated heterocycles. The molecule has 0 bridgehead atoms. The first-order valence-electron chi connectivity index (χ1n) is 6.02. The number of aryl methyl sites for hydroxylation is 1. The standard InChI is InChI=1S/C14H21ClO/c1-4-11(5-2)9-14(16)12-7-6-10(3)8-13(12)15/h6-8,11,14,16H,4-5,9H2,1-3H3. The molecule has 1 N–H and O–H groups in total. The van der Waals surface area contributed by atoms with Gasteiger partial charge >= 0.3 is 0 Å². The number of rotatable bonds is 5. The van der Waals surface area contributed by atoms with Gasteiger partial charge in [0.05, 0.1) is 6.10 Å². The zero-order chi connectivity index (χ0) is 12.1. The third-order valence-corrected chi connectivity index (χ3v) is 3.55. The van der Waals surface area contributed by atoms with Gasteiger partial charge in [-0.3, -0.25) is 0 Å². The van der Waals surface area contributed by atoms with E-state index >= 15 is 0 Å². The van der Waals surface area contributed by atoms with Crippen molar-refractivity contribution in [3.05, 3.63) is 34.3 Å². The summed E-state index contributed by atoms with van der Waals surface area (Å²) < 4.78 is 0. The first-order chi connectivity index (χ1) is 7.58. The van der Waals surface area contributed by atoms with Crippen LogP contribution in [0.3, 0.4) is 0 Å². The summed E-state index contributed by atoms with van der Waals surface area (Å²) in [5.41, 5.74) is 1.99. The maximum atomic E-state index is 10.1. The van der Waals surface area contributed by atoms with Gasteiger partial charge in [0, 0.05) is 5.02 Å². The second-order valence-electron chi connectivity index (χ2n) is 4.46. The molecule has 1 aromatic rings. The Balaban J connectivity index is 2.76. The second-order valence-corrected chi connectivity index (χ2v) is 4.87. The molecule has 1 nitrogen and oxygen atoms in total. The van der Waals surface area contributed by atoms with Crippen LogP contribution in [0.4, 0.5) is 0 Å². The van der Waals surface area contributed by atoms with E-state index in [1.165, 1.54) is 0 Å². The molecule has 16 heavy (non-hydrogen) atoms. The zero-order valence-electron chi connectivity index (χ0n) is 10.3. The molecule has 0 aromatic heterocycles. The monoisotopic (exact) mass is 240 g/mol. The van der Waals surface area contributed by atoms with Crippen LogP contribution < -0.4 is 0 Å². The maximum Gasteiger partial charge on any atom is 0.0807 e. The SMILES string of the molecule is CCC(CC)CC(O)c1ccc(C)cc1Cl. The van der Waals surface area contributed by atoms with Crippen LogP contribution in [0.25, 0.3) is 0 Å². The third kappa shape index (κ3) is 3.50. The highest BCUT2D eigenvalue weighted by Crippen LogP contribution is 2.30. The second kappa shape index (κ2) is 6.27. The third-order valence-electron chi connectivity index (χ3n) is 3.23. The summed E-state index contributed by atoms with van der Waals surface area (Å²) in [5.74, 6) is 0.576. The Morgan fingerprint density at radius 1 is 1.25 bits per heavy atom. The minimum atomic E-state index is -0.432. The quantitative estimate of drug-likeness (QED) is 0.803. The lowest BCUT2D eigenvalue weighted by molar-refractivity contribution is 0.141. The van der Waals surface area contributed by atoms with E-state index in [4.69, 9.17) is 11.6 Å². The summed E-state index contributed by atoms with van der Waals surface area (Å²) in [6.45, 7) is 6.33. The van der Waals surface area contributed by atoms with Crippen molar-refractivity contribution in [2.45, 2.75) is 46.1 Å². The maximum absolute atomic E-state index is 10.1. The Bertz CT molecular complexity index is 332. The fourth-order valence-corrected chi connectivity index (χ4v) is 2.33. The molecular formula is C14H21ClO. The average molecular weight is 241 g/mol. The summed E-state index contributed by atoms with van der Waals surface area (Å²) in [6.07, 6.45) is 2.59. The number of halogens is 1. The molecule has 0 radical (unpaired) electrons. The smallest absolute Gasteiger partial charge is 0.0807 e. The first-order valence-corrected chi connectivity index (χ1v) is 6.40. The number of aliphatic hydroxyl groups excluding tert-OH is 1. The Morgan fingerprint density at radius 2 is 1.88 bits per heavy atom. The molecule has 0 aliphatic heterocycles. The predicted molar refractivity (Wildman–Crippen MR) is 69.8 cm³/mol. The molecule has 0 aliphatic rings. The van der Waals surface area contributed by atoms with E-state index < -0.39 is 6.10 Å². The van der Waals surface area contributed by atoms with Gasteiger partial charge in [0.2, 0.25) is 0 Å². The number of hydrogen-bond donors (Lipinski definition) is 1. The molecule has 1 rings (SSSR count). The normalized spacial score (nSPS) is 13.1. The van der Waals surface area contributed by atoms with Crippen molar-refractivity contribution in [2.75, 3.05) is 0 Å². The van der Waals surface area contributed by atoms with E-state index in [9.17, 15) is 5.11 Å². The molecule has 1 unspecified atom stereocenters. The molecule has 2 heteroatoms. The molecule has 1 atom stereocenters.